The lowest BCUT2D eigenvalue weighted by molar-refractivity contribution is -0.137. The third-order valence-corrected chi connectivity index (χ3v) is 14.0. The Morgan fingerprint density at radius 3 is 1.46 bits per heavy atom. The molecule has 2 N–H and O–H groups in total. The number of rotatable bonds is 9. The Labute approximate surface area is 344 Å². The standard InChI is InChI=1S/C27H41N3O2.C20H35N3O2/c31-26(23-13-10-19-29(21-23)20-18-22-11-4-1-5-12-22)30(25-16-8-3-9-17-25)27(32)28-24-14-6-2-7-15-24;1-22-14-8-9-16(15-22)19(24)23(18-12-6-3-7-13-18)20(25)21-17-10-4-2-5-11-17/h1,4-5,11-12,23-25H,2-3,6-10,13-21H2,(H,28,32);16-18H,2-15H2,1H3,(H,21,25)/t23-;16-/m00/s1. The summed E-state index contributed by atoms with van der Waals surface area (Å²) in [4.78, 5) is 61.4. The number of urea groups is 2. The molecular weight excluding hydrogens is 713 g/mol. The van der Waals surface area contributed by atoms with Gasteiger partial charge in [-0.25, -0.2) is 9.59 Å². The smallest absolute Gasteiger partial charge is 0.324 e. The molecule has 1 aromatic carbocycles. The van der Waals surface area contributed by atoms with E-state index in [2.05, 4.69) is 57.8 Å². The van der Waals surface area contributed by atoms with Crippen LogP contribution in [-0.2, 0) is 16.0 Å². The number of carbonyl (C=O) groups excluding carboxylic acids is 4. The Kier molecular flexibility index (Phi) is 17.6. The van der Waals surface area contributed by atoms with Gasteiger partial charge in [0.15, 0.2) is 0 Å². The molecule has 0 aromatic heterocycles. The number of likely N-dealkylation sites (tertiary alicyclic amines) is 2. The lowest BCUT2D eigenvalue weighted by Crippen LogP contribution is -2.56. The first kappa shape index (κ1) is 43.6. The number of imide groups is 2. The highest BCUT2D eigenvalue weighted by Crippen LogP contribution is 2.29. The maximum atomic E-state index is 13.7. The third-order valence-electron chi connectivity index (χ3n) is 14.0. The van der Waals surface area contributed by atoms with E-state index in [-0.39, 0.29) is 59.9 Å². The van der Waals surface area contributed by atoms with Crippen molar-refractivity contribution in [3.05, 3.63) is 35.9 Å². The summed E-state index contributed by atoms with van der Waals surface area (Å²) >= 11 is 0. The Balaban J connectivity index is 0.000000199. The number of benzene rings is 1. The molecule has 0 spiro atoms. The quantitative estimate of drug-likeness (QED) is 0.260. The summed E-state index contributed by atoms with van der Waals surface area (Å²) in [5.41, 5.74) is 1.34. The van der Waals surface area contributed by atoms with Crippen LogP contribution in [0.2, 0.25) is 0 Å². The van der Waals surface area contributed by atoms with Crippen molar-refractivity contribution >= 4 is 23.9 Å². The number of amides is 6. The minimum atomic E-state index is -0.116. The monoisotopic (exact) mass is 789 g/mol. The average molecular weight is 789 g/mol. The first-order chi connectivity index (χ1) is 27.9. The fourth-order valence-corrected chi connectivity index (χ4v) is 10.7. The molecule has 4 aliphatic carbocycles. The van der Waals surface area contributed by atoms with Crippen LogP contribution >= 0.6 is 0 Å². The molecule has 2 saturated heterocycles. The molecule has 10 nitrogen and oxygen atoms in total. The zero-order valence-electron chi connectivity index (χ0n) is 35.5. The zero-order chi connectivity index (χ0) is 39.8. The van der Waals surface area contributed by atoms with Crippen LogP contribution < -0.4 is 10.6 Å². The molecule has 10 heteroatoms. The molecule has 2 heterocycles. The summed E-state index contributed by atoms with van der Waals surface area (Å²) in [6, 6.07) is 11.0. The van der Waals surface area contributed by atoms with Crippen molar-refractivity contribution in [2.24, 2.45) is 11.8 Å². The molecule has 6 amide bonds. The van der Waals surface area contributed by atoms with Crippen molar-refractivity contribution in [3.8, 4) is 0 Å². The van der Waals surface area contributed by atoms with Crippen LogP contribution in [-0.4, -0.2) is 107 Å². The van der Waals surface area contributed by atoms with Crippen molar-refractivity contribution in [1.29, 1.82) is 0 Å². The van der Waals surface area contributed by atoms with Gasteiger partial charge in [-0.1, -0.05) is 107 Å². The van der Waals surface area contributed by atoms with Crippen molar-refractivity contribution in [2.45, 2.75) is 185 Å². The van der Waals surface area contributed by atoms with Gasteiger partial charge in [-0.2, -0.15) is 0 Å². The highest BCUT2D eigenvalue weighted by Gasteiger charge is 2.39. The van der Waals surface area contributed by atoms with E-state index in [0.29, 0.717) is 0 Å². The van der Waals surface area contributed by atoms with Gasteiger partial charge in [0.1, 0.15) is 0 Å². The van der Waals surface area contributed by atoms with Crippen LogP contribution in [0.25, 0.3) is 0 Å². The Hall–Kier alpha value is -2.98. The van der Waals surface area contributed by atoms with Gasteiger partial charge in [0.25, 0.3) is 0 Å². The second kappa shape index (κ2) is 23.0. The molecule has 0 unspecified atom stereocenters. The summed E-state index contributed by atoms with van der Waals surface area (Å²) < 4.78 is 0. The summed E-state index contributed by atoms with van der Waals surface area (Å²) in [5, 5.41) is 6.45. The minimum absolute atomic E-state index is 0.0159. The lowest BCUT2D eigenvalue weighted by atomic mass is 9.91. The van der Waals surface area contributed by atoms with Crippen LogP contribution in [0, 0.1) is 11.8 Å². The average Bonchev–Trinajstić information content (AvgIpc) is 3.25. The maximum Gasteiger partial charge on any atom is 0.324 e. The van der Waals surface area contributed by atoms with E-state index >= 15 is 0 Å². The van der Waals surface area contributed by atoms with Crippen LogP contribution in [0.5, 0.6) is 0 Å². The molecular formula is C47H76N6O4. The van der Waals surface area contributed by atoms with Crippen LogP contribution in [0.15, 0.2) is 30.3 Å². The fraction of sp³-hybridized carbons (Fsp3) is 0.787. The number of hydrogen-bond acceptors (Lipinski definition) is 6. The summed E-state index contributed by atoms with van der Waals surface area (Å²) in [7, 11) is 2.08. The van der Waals surface area contributed by atoms with E-state index in [1.54, 1.807) is 9.80 Å². The number of carbonyl (C=O) groups is 4. The second-order valence-corrected chi connectivity index (χ2v) is 18.5. The molecule has 0 radical (unpaired) electrons. The van der Waals surface area contributed by atoms with E-state index in [0.717, 1.165) is 142 Å². The number of nitrogens with one attached hydrogen (secondary N) is 2. The molecule has 318 valence electrons. The SMILES string of the molecule is CN1CCC[C@H](C(=O)N(C(=O)NC2CCCCC2)C2CCCCC2)C1.O=C(NC1CCCCC1)N(C(=O)[C@H]1CCCN(CCc2ccccc2)C1)C1CCCCC1. The normalized spacial score (nSPS) is 25.1. The maximum absolute atomic E-state index is 13.7. The van der Waals surface area contributed by atoms with E-state index in [4.69, 9.17) is 0 Å². The molecule has 2 atom stereocenters. The largest absolute Gasteiger partial charge is 0.335 e. The summed E-state index contributed by atoms with van der Waals surface area (Å²) in [6.45, 7) is 4.66. The molecule has 0 bridgehead atoms. The van der Waals surface area contributed by atoms with E-state index < -0.39 is 0 Å². The van der Waals surface area contributed by atoms with Crippen LogP contribution in [0.1, 0.15) is 160 Å². The van der Waals surface area contributed by atoms with Gasteiger partial charge in [-0.05, 0) is 109 Å². The van der Waals surface area contributed by atoms with Crippen molar-refractivity contribution < 1.29 is 19.2 Å². The van der Waals surface area contributed by atoms with Gasteiger partial charge in [-0.15, -0.1) is 0 Å². The fourth-order valence-electron chi connectivity index (χ4n) is 10.7. The minimum Gasteiger partial charge on any atom is -0.335 e. The Morgan fingerprint density at radius 1 is 0.544 bits per heavy atom. The Morgan fingerprint density at radius 2 is 0.982 bits per heavy atom. The van der Waals surface area contributed by atoms with Crippen LogP contribution in [0.3, 0.4) is 0 Å². The molecule has 2 aliphatic heterocycles. The van der Waals surface area contributed by atoms with Gasteiger partial charge in [0.2, 0.25) is 11.8 Å². The molecule has 6 aliphatic rings. The topological polar surface area (TPSA) is 105 Å². The highest BCUT2D eigenvalue weighted by molar-refractivity contribution is 5.97. The molecule has 1 aromatic rings. The molecule has 4 saturated carbocycles. The van der Waals surface area contributed by atoms with Gasteiger partial charge in [-0.3, -0.25) is 19.4 Å². The summed E-state index contributed by atoms with van der Waals surface area (Å²) in [6.07, 6.45) is 27.3. The number of hydrogen-bond donors (Lipinski definition) is 2. The Bertz CT molecular complexity index is 1390. The van der Waals surface area contributed by atoms with Crippen molar-refractivity contribution in [1.82, 2.24) is 30.2 Å². The first-order valence-corrected chi connectivity index (χ1v) is 23.6. The predicted octanol–water partition coefficient (Wildman–Crippen LogP) is 8.68. The number of piperidine rings is 2. The predicted molar refractivity (Wildman–Crippen MR) is 228 cm³/mol. The summed E-state index contributed by atoms with van der Waals surface area (Å²) in [5.74, 6) is 0.0812. The van der Waals surface area contributed by atoms with Gasteiger partial charge in [0, 0.05) is 43.8 Å². The third kappa shape index (κ3) is 13.3. The zero-order valence-corrected chi connectivity index (χ0v) is 35.5. The molecule has 57 heavy (non-hydrogen) atoms. The van der Waals surface area contributed by atoms with Crippen LogP contribution in [0.4, 0.5) is 9.59 Å². The molecule has 7 rings (SSSR count). The first-order valence-electron chi connectivity index (χ1n) is 23.6. The molecule has 6 fully saturated rings. The lowest BCUT2D eigenvalue weighted by Gasteiger charge is -2.39. The van der Waals surface area contributed by atoms with Gasteiger partial charge >= 0.3 is 12.1 Å². The van der Waals surface area contributed by atoms with Gasteiger partial charge < -0.3 is 20.4 Å². The van der Waals surface area contributed by atoms with Crippen molar-refractivity contribution in [3.63, 3.8) is 0 Å². The highest BCUT2D eigenvalue weighted by atomic mass is 16.2. The number of nitrogens with zero attached hydrogens (tertiary/aromatic N) is 4. The van der Waals surface area contributed by atoms with E-state index in [9.17, 15) is 19.2 Å². The van der Waals surface area contributed by atoms with Crippen molar-refractivity contribution in [2.75, 3.05) is 39.8 Å². The van der Waals surface area contributed by atoms with Gasteiger partial charge in [0.05, 0.1) is 11.8 Å². The van der Waals surface area contributed by atoms with E-state index in [1.807, 2.05) is 0 Å². The van der Waals surface area contributed by atoms with E-state index in [1.165, 1.54) is 56.9 Å². The second-order valence-electron chi connectivity index (χ2n) is 18.5.